The summed E-state index contributed by atoms with van der Waals surface area (Å²) in [6.07, 6.45) is 3.96. The molecule has 0 radical (unpaired) electrons. The minimum absolute atomic E-state index is 0.135. The summed E-state index contributed by atoms with van der Waals surface area (Å²) in [5, 5.41) is 4.17. The smallest absolute Gasteiger partial charge is 0.244 e. The van der Waals surface area contributed by atoms with Gasteiger partial charge in [0.1, 0.15) is 0 Å². The fourth-order valence-corrected chi connectivity index (χ4v) is 2.14. The zero-order chi connectivity index (χ0) is 15.1. The number of carbonyl (C=O) groups excluding carboxylic acids is 1. The molecular formula is C17H15Cl2NO. The van der Waals surface area contributed by atoms with Gasteiger partial charge in [0.25, 0.3) is 0 Å². The minimum atomic E-state index is -0.135. The number of hydrogen-bond donors (Lipinski definition) is 1. The lowest BCUT2D eigenvalue weighted by atomic mass is 10.1. The van der Waals surface area contributed by atoms with E-state index in [9.17, 15) is 4.79 Å². The highest BCUT2D eigenvalue weighted by Crippen LogP contribution is 2.16. The molecule has 0 unspecified atom stereocenters. The number of nitrogens with one attached hydrogen (secondary N) is 1. The molecule has 0 saturated heterocycles. The quantitative estimate of drug-likeness (QED) is 0.815. The monoisotopic (exact) mass is 319 g/mol. The highest BCUT2D eigenvalue weighted by molar-refractivity contribution is 6.32. The second kappa shape index (κ2) is 7.87. The van der Waals surface area contributed by atoms with Gasteiger partial charge in [0.05, 0.1) is 0 Å². The Kier molecular flexibility index (Phi) is 5.85. The van der Waals surface area contributed by atoms with Gasteiger partial charge in [0.15, 0.2) is 0 Å². The first-order valence-corrected chi connectivity index (χ1v) is 7.35. The van der Waals surface area contributed by atoms with E-state index in [2.05, 4.69) is 5.32 Å². The predicted octanol–water partition coefficient (Wildman–Crippen LogP) is 4.37. The topological polar surface area (TPSA) is 29.1 Å². The van der Waals surface area contributed by atoms with Crippen molar-refractivity contribution >= 4 is 35.2 Å². The second-order valence-electron chi connectivity index (χ2n) is 4.52. The Morgan fingerprint density at radius 2 is 1.76 bits per heavy atom. The van der Waals surface area contributed by atoms with Crippen LogP contribution < -0.4 is 5.32 Å². The molecule has 0 spiro atoms. The van der Waals surface area contributed by atoms with E-state index in [0.29, 0.717) is 16.6 Å². The number of hydrogen-bond acceptors (Lipinski definition) is 1. The Bertz CT molecular complexity index is 635. The van der Waals surface area contributed by atoms with Crippen molar-refractivity contribution in [2.24, 2.45) is 0 Å². The van der Waals surface area contributed by atoms with Gasteiger partial charge in [-0.1, -0.05) is 53.5 Å². The average Bonchev–Trinajstić information content (AvgIpc) is 2.48. The van der Waals surface area contributed by atoms with Crippen LogP contribution in [0.4, 0.5) is 0 Å². The van der Waals surface area contributed by atoms with Crippen LogP contribution in [-0.2, 0) is 11.2 Å². The summed E-state index contributed by atoms with van der Waals surface area (Å²) in [5.41, 5.74) is 1.96. The van der Waals surface area contributed by atoms with Crippen molar-refractivity contribution in [3.63, 3.8) is 0 Å². The van der Waals surface area contributed by atoms with E-state index in [1.54, 1.807) is 12.1 Å². The lowest BCUT2D eigenvalue weighted by Crippen LogP contribution is -2.23. The SMILES string of the molecule is O=C(/C=C/c1ccccc1Cl)NCCc1ccc(Cl)cc1. The molecule has 0 atom stereocenters. The first-order chi connectivity index (χ1) is 10.1. The minimum Gasteiger partial charge on any atom is -0.352 e. The third kappa shape index (κ3) is 5.25. The molecule has 0 fully saturated rings. The van der Waals surface area contributed by atoms with Gasteiger partial charge in [-0.2, -0.15) is 0 Å². The number of carbonyl (C=O) groups is 1. The van der Waals surface area contributed by atoms with E-state index in [4.69, 9.17) is 23.2 Å². The van der Waals surface area contributed by atoms with E-state index in [1.165, 1.54) is 6.08 Å². The molecule has 2 aromatic carbocycles. The zero-order valence-corrected chi connectivity index (χ0v) is 12.9. The van der Waals surface area contributed by atoms with Gasteiger partial charge in [-0.25, -0.2) is 0 Å². The first-order valence-electron chi connectivity index (χ1n) is 6.60. The fraction of sp³-hybridized carbons (Fsp3) is 0.118. The van der Waals surface area contributed by atoms with Crippen LogP contribution in [0, 0.1) is 0 Å². The Morgan fingerprint density at radius 1 is 1.05 bits per heavy atom. The molecule has 21 heavy (non-hydrogen) atoms. The fourth-order valence-electron chi connectivity index (χ4n) is 1.82. The van der Waals surface area contributed by atoms with E-state index >= 15 is 0 Å². The van der Waals surface area contributed by atoms with E-state index in [-0.39, 0.29) is 5.91 Å². The van der Waals surface area contributed by atoms with Gasteiger partial charge in [-0.05, 0) is 41.8 Å². The van der Waals surface area contributed by atoms with Gasteiger partial charge in [-0.3, -0.25) is 4.79 Å². The summed E-state index contributed by atoms with van der Waals surface area (Å²) in [6, 6.07) is 15.0. The molecule has 0 heterocycles. The van der Waals surface area contributed by atoms with Crippen LogP contribution in [0.3, 0.4) is 0 Å². The molecule has 1 amide bonds. The van der Waals surface area contributed by atoms with Gasteiger partial charge < -0.3 is 5.32 Å². The highest BCUT2D eigenvalue weighted by Gasteiger charge is 1.98. The molecular weight excluding hydrogens is 305 g/mol. The molecule has 2 nitrogen and oxygen atoms in total. The molecule has 0 bridgehead atoms. The summed E-state index contributed by atoms with van der Waals surface area (Å²) in [4.78, 5) is 11.7. The highest BCUT2D eigenvalue weighted by atomic mass is 35.5. The molecule has 2 aromatic rings. The van der Waals surface area contributed by atoms with Crippen molar-refractivity contribution < 1.29 is 4.79 Å². The van der Waals surface area contributed by atoms with Crippen molar-refractivity contribution in [3.05, 3.63) is 75.8 Å². The van der Waals surface area contributed by atoms with Crippen LogP contribution in [0.1, 0.15) is 11.1 Å². The van der Waals surface area contributed by atoms with Crippen LogP contribution in [0.5, 0.6) is 0 Å². The van der Waals surface area contributed by atoms with E-state index in [0.717, 1.165) is 17.5 Å². The Balaban J connectivity index is 1.80. The van der Waals surface area contributed by atoms with Gasteiger partial charge >= 0.3 is 0 Å². The van der Waals surface area contributed by atoms with Crippen LogP contribution in [0.15, 0.2) is 54.6 Å². The normalized spacial score (nSPS) is 10.8. The van der Waals surface area contributed by atoms with Crippen molar-refractivity contribution in [2.75, 3.05) is 6.54 Å². The van der Waals surface area contributed by atoms with Crippen LogP contribution in [0.25, 0.3) is 6.08 Å². The molecule has 0 aliphatic rings. The first kappa shape index (κ1) is 15.6. The van der Waals surface area contributed by atoms with E-state index < -0.39 is 0 Å². The largest absolute Gasteiger partial charge is 0.352 e. The lowest BCUT2D eigenvalue weighted by Gasteiger charge is -2.03. The number of benzene rings is 2. The van der Waals surface area contributed by atoms with E-state index in [1.807, 2.05) is 42.5 Å². The molecule has 4 heteroatoms. The standard InChI is InChI=1S/C17H15Cl2NO/c18-15-8-5-13(6-9-15)11-12-20-17(21)10-7-14-3-1-2-4-16(14)19/h1-10H,11-12H2,(H,20,21)/b10-7+. The van der Waals surface area contributed by atoms with Crippen LogP contribution in [0.2, 0.25) is 10.0 Å². The van der Waals surface area contributed by atoms with Crippen molar-refractivity contribution in [1.82, 2.24) is 5.32 Å². The molecule has 108 valence electrons. The lowest BCUT2D eigenvalue weighted by molar-refractivity contribution is -0.116. The summed E-state index contributed by atoms with van der Waals surface area (Å²) in [5.74, 6) is -0.135. The third-order valence-corrected chi connectivity index (χ3v) is 3.54. The summed E-state index contributed by atoms with van der Waals surface area (Å²) >= 11 is 11.8. The molecule has 2 rings (SSSR count). The van der Waals surface area contributed by atoms with Gasteiger partial charge in [-0.15, -0.1) is 0 Å². The molecule has 1 N–H and O–H groups in total. The maximum Gasteiger partial charge on any atom is 0.244 e. The molecule has 0 saturated carbocycles. The van der Waals surface area contributed by atoms with Crippen molar-refractivity contribution in [2.45, 2.75) is 6.42 Å². The summed E-state index contributed by atoms with van der Waals surface area (Å²) in [6.45, 7) is 0.577. The number of amides is 1. The Hall–Kier alpha value is -1.77. The van der Waals surface area contributed by atoms with Gasteiger partial charge in [0.2, 0.25) is 5.91 Å². The zero-order valence-electron chi connectivity index (χ0n) is 11.4. The molecule has 0 aliphatic carbocycles. The maximum absolute atomic E-state index is 11.7. The Morgan fingerprint density at radius 3 is 2.48 bits per heavy atom. The molecule has 0 aromatic heterocycles. The number of rotatable bonds is 5. The number of halogens is 2. The molecule has 0 aliphatic heterocycles. The van der Waals surface area contributed by atoms with Crippen molar-refractivity contribution in [1.29, 1.82) is 0 Å². The third-order valence-electron chi connectivity index (χ3n) is 2.95. The Labute approximate surface area is 134 Å². The maximum atomic E-state index is 11.7. The van der Waals surface area contributed by atoms with Crippen LogP contribution in [-0.4, -0.2) is 12.5 Å². The second-order valence-corrected chi connectivity index (χ2v) is 5.37. The average molecular weight is 320 g/mol. The summed E-state index contributed by atoms with van der Waals surface area (Å²) < 4.78 is 0. The predicted molar refractivity (Wildman–Crippen MR) is 88.7 cm³/mol. The van der Waals surface area contributed by atoms with Crippen LogP contribution >= 0.6 is 23.2 Å². The van der Waals surface area contributed by atoms with Crippen molar-refractivity contribution in [3.8, 4) is 0 Å². The van der Waals surface area contributed by atoms with Gasteiger partial charge in [0, 0.05) is 22.7 Å². The summed E-state index contributed by atoms with van der Waals surface area (Å²) in [7, 11) is 0.